The topological polar surface area (TPSA) is 39.7 Å². The number of methoxy groups -OCH3 is 3. The zero-order chi connectivity index (χ0) is 15.2. The molecule has 4 nitrogen and oxygen atoms in total. The largest absolute Gasteiger partial charge is 0.497 e. The molecule has 1 N–H and O–H groups in total. The normalized spacial score (nSPS) is 10.1. The van der Waals surface area contributed by atoms with Crippen LogP contribution in [-0.2, 0) is 6.54 Å². The second kappa shape index (κ2) is 6.88. The number of para-hydroxylation sites is 1. The lowest BCUT2D eigenvalue weighted by Crippen LogP contribution is -2.04. The molecule has 0 fully saturated rings. The van der Waals surface area contributed by atoms with Gasteiger partial charge in [-0.3, -0.25) is 0 Å². The van der Waals surface area contributed by atoms with Crippen molar-refractivity contribution in [3.8, 4) is 17.2 Å². The molecule has 2 rings (SSSR count). The van der Waals surface area contributed by atoms with Gasteiger partial charge < -0.3 is 19.5 Å². The van der Waals surface area contributed by atoms with E-state index in [9.17, 15) is 0 Å². The Morgan fingerprint density at radius 3 is 2.38 bits per heavy atom. The first-order chi connectivity index (χ1) is 10.2. The number of hydrogen-bond donors (Lipinski definition) is 1. The molecule has 0 aliphatic carbocycles. The Kier molecular flexibility index (Phi) is 4.93. The highest BCUT2D eigenvalue weighted by Gasteiger charge is 2.09. The SMILES string of the molecule is COc1ccc(NCc2cccc(OC)c2OC)c(C)c1. The highest BCUT2D eigenvalue weighted by atomic mass is 16.5. The Balaban J connectivity index is 2.16. The van der Waals surface area contributed by atoms with Crippen molar-refractivity contribution in [3.05, 3.63) is 47.5 Å². The van der Waals surface area contributed by atoms with Crippen LogP contribution in [0.25, 0.3) is 0 Å². The van der Waals surface area contributed by atoms with Crippen LogP contribution in [0, 0.1) is 6.92 Å². The van der Waals surface area contributed by atoms with E-state index in [2.05, 4.69) is 5.32 Å². The van der Waals surface area contributed by atoms with Gasteiger partial charge in [-0.25, -0.2) is 0 Å². The van der Waals surface area contributed by atoms with Gasteiger partial charge in [0.2, 0.25) is 0 Å². The molecule has 0 radical (unpaired) electrons. The predicted molar refractivity (Wildman–Crippen MR) is 84.6 cm³/mol. The lowest BCUT2D eigenvalue weighted by atomic mass is 10.1. The third-order valence-corrected chi connectivity index (χ3v) is 3.39. The van der Waals surface area contributed by atoms with Crippen molar-refractivity contribution in [2.24, 2.45) is 0 Å². The van der Waals surface area contributed by atoms with Crippen LogP contribution in [-0.4, -0.2) is 21.3 Å². The van der Waals surface area contributed by atoms with Gasteiger partial charge in [-0.15, -0.1) is 0 Å². The van der Waals surface area contributed by atoms with Gasteiger partial charge in [-0.2, -0.15) is 0 Å². The Morgan fingerprint density at radius 2 is 1.76 bits per heavy atom. The second-order valence-electron chi connectivity index (χ2n) is 4.69. The van der Waals surface area contributed by atoms with Crippen molar-refractivity contribution in [2.45, 2.75) is 13.5 Å². The first-order valence-electron chi connectivity index (χ1n) is 6.78. The van der Waals surface area contributed by atoms with Crippen LogP contribution >= 0.6 is 0 Å². The van der Waals surface area contributed by atoms with Crippen molar-refractivity contribution in [2.75, 3.05) is 26.6 Å². The number of aryl methyl sites for hydroxylation is 1. The molecule has 0 saturated heterocycles. The predicted octanol–water partition coefficient (Wildman–Crippen LogP) is 3.63. The van der Waals surface area contributed by atoms with Crippen LogP contribution in [0.15, 0.2) is 36.4 Å². The summed E-state index contributed by atoms with van der Waals surface area (Å²) in [4.78, 5) is 0. The summed E-state index contributed by atoms with van der Waals surface area (Å²) in [6.07, 6.45) is 0. The third-order valence-electron chi connectivity index (χ3n) is 3.39. The molecule has 0 bridgehead atoms. The molecule has 112 valence electrons. The summed E-state index contributed by atoms with van der Waals surface area (Å²) in [5.74, 6) is 2.36. The van der Waals surface area contributed by atoms with E-state index in [0.29, 0.717) is 6.54 Å². The molecule has 4 heteroatoms. The van der Waals surface area contributed by atoms with E-state index >= 15 is 0 Å². The highest BCUT2D eigenvalue weighted by Crippen LogP contribution is 2.31. The van der Waals surface area contributed by atoms with Crippen LogP contribution in [0.4, 0.5) is 5.69 Å². The number of ether oxygens (including phenoxy) is 3. The zero-order valence-corrected chi connectivity index (χ0v) is 12.9. The lowest BCUT2D eigenvalue weighted by molar-refractivity contribution is 0.352. The van der Waals surface area contributed by atoms with Crippen molar-refractivity contribution in [1.29, 1.82) is 0 Å². The van der Waals surface area contributed by atoms with E-state index in [-0.39, 0.29) is 0 Å². The molecule has 0 unspecified atom stereocenters. The van der Waals surface area contributed by atoms with Gasteiger partial charge in [0.1, 0.15) is 5.75 Å². The Labute approximate surface area is 125 Å². The van der Waals surface area contributed by atoms with Crippen LogP contribution < -0.4 is 19.5 Å². The minimum atomic E-state index is 0.660. The van der Waals surface area contributed by atoms with E-state index in [0.717, 1.165) is 34.1 Å². The number of nitrogens with one attached hydrogen (secondary N) is 1. The quantitative estimate of drug-likeness (QED) is 0.880. The molecule has 0 atom stereocenters. The fraction of sp³-hybridized carbons (Fsp3) is 0.294. The number of anilines is 1. The van der Waals surface area contributed by atoms with Crippen LogP contribution in [0.1, 0.15) is 11.1 Å². The minimum absolute atomic E-state index is 0.660. The third kappa shape index (κ3) is 3.40. The fourth-order valence-electron chi connectivity index (χ4n) is 2.24. The lowest BCUT2D eigenvalue weighted by Gasteiger charge is -2.15. The summed E-state index contributed by atoms with van der Waals surface area (Å²) in [5, 5.41) is 3.42. The monoisotopic (exact) mass is 287 g/mol. The standard InChI is InChI=1S/C17H21NO3/c1-12-10-14(19-2)8-9-15(12)18-11-13-6-5-7-16(20-3)17(13)21-4/h5-10,18H,11H2,1-4H3. The highest BCUT2D eigenvalue weighted by molar-refractivity contribution is 5.55. The van der Waals surface area contributed by atoms with Gasteiger partial charge in [0, 0.05) is 17.8 Å². The first kappa shape index (κ1) is 15.0. The van der Waals surface area contributed by atoms with E-state index < -0.39 is 0 Å². The average molecular weight is 287 g/mol. The van der Waals surface area contributed by atoms with E-state index in [1.807, 2.05) is 43.3 Å². The maximum absolute atomic E-state index is 5.44. The van der Waals surface area contributed by atoms with Crippen molar-refractivity contribution >= 4 is 5.69 Å². The smallest absolute Gasteiger partial charge is 0.165 e. The Bertz CT molecular complexity index is 611. The van der Waals surface area contributed by atoms with E-state index in [1.54, 1.807) is 21.3 Å². The average Bonchev–Trinajstić information content (AvgIpc) is 2.52. The molecule has 0 aliphatic heterocycles. The molecule has 0 saturated carbocycles. The summed E-state index contributed by atoms with van der Waals surface area (Å²) in [7, 11) is 4.96. The van der Waals surface area contributed by atoms with Crippen molar-refractivity contribution in [1.82, 2.24) is 0 Å². The number of benzene rings is 2. The minimum Gasteiger partial charge on any atom is -0.497 e. The van der Waals surface area contributed by atoms with Crippen molar-refractivity contribution in [3.63, 3.8) is 0 Å². The summed E-state index contributed by atoms with van der Waals surface area (Å²) < 4.78 is 16.0. The molecular weight excluding hydrogens is 266 g/mol. The van der Waals surface area contributed by atoms with Crippen LogP contribution in [0.2, 0.25) is 0 Å². The summed E-state index contributed by atoms with van der Waals surface area (Å²) in [6, 6.07) is 11.8. The molecular formula is C17H21NO3. The molecule has 0 aromatic heterocycles. The summed E-state index contributed by atoms with van der Waals surface area (Å²) in [6.45, 7) is 2.71. The molecule has 2 aromatic rings. The molecule has 21 heavy (non-hydrogen) atoms. The maximum Gasteiger partial charge on any atom is 0.165 e. The van der Waals surface area contributed by atoms with Gasteiger partial charge in [0.05, 0.1) is 21.3 Å². The zero-order valence-electron chi connectivity index (χ0n) is 12.9. The molecule has 0 aliphatic rings. The molecule has 2 aromatic carbocycles. The van der Waals surface area contributed by atoms with E-state index in [4.69, 9.17) is 14.2 Å². The van der Waals surface area contributed by atoms with Gasteiger partial charge in [-0.05, 0) is 36.8 Å². The van der Waals surface area contributed by atoms with E-state index in [1.165, 1.54) is 0 Å². The Hall–Kier alpha value is -2.36. The maximum atomic E-state index is 5.44. The Morgan fingerprint density at radius 1 is 0.952 bits per heavy atom. The fourth-order valence-corrected chi connectivity index (χ4v) is 2.24. The van der Waals surface area contributed by atoms with Crippen LogP contribution in [0.5, 0.6) is 17.2 Å². The molecule has 0 amide bonds. The first-order valence-corrected chi connectivity index (χ1v) is 6.78. The molecule has 0 heterocycles. The van der Waals surface area contributed by atoms with Crippen molar-refractivity contribution < 1.29 is 14.2 Å². The summed E-state index contributed by atoms with van der Waals surface area (Å²) in [5.41, 5.74) is 3.25. The van der Waals surface area contributed by atoms with Crippen LogP contribution in [0.3, 0.4) is 0 Å². The second-order valence-corrected chi connectivity index (χ2v) is 4.69. The van der Waals surface area contributed by atoms with Gasteiger partial charge in [-0.1, -0.05) is 12.1 Å². The van der Waals surface area contributed by atoms with Gasteiger partial charge in [0.15, 0.2) is 11.5 Å². The number of rotatable bonds is 6. The van der Waals surface area contributed by atoms with Gasteiger partial charge >= 0.3 is 0 Å². The molecule has 0 spiro atoms. The number of hydrogen-bond acceptors (Lipinski definition) is 4. The van der Waals surface area contributed by atoms with Gasteiger partial charge in [0.25, 0.3) is 0 Å². The summed E-state index contributed by atoms with van der Waals surface area (Å²) >= 11 is 0.